The first-order valence-corrected chi connectivity index (χ1v) is 13.9. The molecule has 7 nitrogen and oxygen atoms in total. The summed E-state index contributed by atoms with van der Waals surface area (Å²) in [4.78, 5) is 30.2. The number of fused-ring (bicyclic) bond motifs is 3. The van der Waals surface area contributed by atoms with E-state index in [4.69, 9.17) is 4.74 Å². The summed E-state index contributed by atoms with van der Waals surface area (Å²) in [7, 11) is 0. The van der Waals surface area contributed by atoms with Crippen LogP contribution in [-0.4, -0.2) is 72.6 Å². The van der Waals surface area contributed by atoms with E-state index in [2.05, 4.69) is 34.2 Å². The van der Waals surface area contributed by atoms with Gasteiger partial charge in [0.1, 0.15) is 6.61 Å². The number of thioether (sulfide) groups is 1. The van der Waals surface area contributed by atoms with Crippen molar-refractivity contribution in [1.82, 2.24) is 15.1 Å². The van der Waals surface area contributed by atoms with Gasteiger partial charge in [-0.15, -0.1) is 0 Å². The van der Waals surface area contributed by atoms with Gasteiger partial charge in [-0.25, -0.2) is 4.79 Å². The van der Waals surface area contributed by atoms with Gasteiger partial charge in [-0.3, -0.25) is 9.69 Å². The number of ether oxygens (including phenoxy) is 1. The molecule has 5 rings (SSSR count). The number of nitrogens with one attached hydrogen (secondary N) is 2. The van der Waals surface area contributed by atoms with Crippen molar-refractivity contribution < 1.29 is 14.3 Å². The SMILES string of the molecule is C=CCOC(=O)N1CC[C@H]2C(c3ccccc3)Nc3ccc(C(=O)NCCN4CCSCC4)cc3[C@H]21. The second-order valence-corrected chi connectivity index (χ2v) is 10.7. The van der Waals surface area contributed by atoms with Crippen LogP contribution in [0.3, 0.4) is 0 Å². The fourth-order valence-electron chi connectivity index (χ4n) is 5.58. The molecule has 1 unspecified atom stereocenters. The van der Waals surface area contributed by atoms with Crippen molar-refractivity contribution in [1.29, 1.82) is 0 Å². The molecule has 2 fully saturated rings. The second kappa shape index (κ2) is 11.4. The topological polar surface area (TPSA) is 73.9 Å². The molecule has 0 saturated carbocycles. The zero-order valence-corrected chi connectivity index (χ0v) is 21.3. The van der Waals surface area contributed by atoms with Crippen LogP contribution in [0, 0.1) is 5.92 Å². The highest BCUT2D eigenvalue weighted by Gasteiger charge is 2.47. The van der Waals surface area contributed by atoms with Crippen LogP contribution >= 0.6 is 11.8 Å². The van der Waals surface area contributed by atoms with Gasteiger partial charge < -0.3 is 20.3 Å². The van der Waals surface area contributed by atoms with Crippen LogP contribution < -0.4 is 10.6 Å². The Morgan fingerprint density at radius 3 is 2.72 bits per heavy atom. The Balaban J connectivity index is 1.38. The van der Waals surface area contributed by atoms with Gasteiger partial charge in [0.2, 0.25) is 0 Å². The first-order valence-electron chi connectivity index (χ1n) is 12.7. The number of rotatable bonds is 7. The molecule has 2 amide bonds. The number of hydrogen-bond donors (Lipinski definition) is 2. The van der Waals surface area contributed by atoms with Gasteiger partial charge in [-0.05, 0) is 35.7 Å². The summed E-state index contributed by atoms with van der Waals surface area (Å²) < 4.78 is 5.43. The third kappa shape index (κ3) is 5.25. The van der Waals surface area contributed by atoms with Crippen molar-refractivity contribution in [3.63, 3.8) is 0 Å². The van der Waals surface area contributed by atoms with Crippen LogP contribution in [0.25, 0.3) is 0 Å². The van der Waals surface area contributed by atoms with E-state index >= 15 is 0 Å². The lowest BCUT2D eigenvalue weighted by Gasteiger charge is -2.39. The minimum Gasteiger partial charge on any atom is -0.445 e. The average Bonchev–Trinajstić information content (AvgIpc) is 3.38. The summed E-state index contributed by atoms with van der Waals surface area (Å²) in [5, 5.41) is 6.79. The Morgan fingerprint density at radius 1 is 1.14 bits per heavy atom. The van der Waals surface area contributed by atoms with E-state index in [0.29, 0.717) is 18.7 Å². The van der Waals surface area contributed by atoms with E-state index in [9.17, 15) is 9.59 Å². The number of carbonyl (C=O) groups excluding carboxylic acids is 2. The van der Waals surface area contributed by atoms with Gasteiger partial charge >= 0.3 is 6.09 Å². The fourth-order valence-corrected chi connectivity index (χ4v) is 6.56. The molecule has 3 atom stereocenters. The Bertz CT molecular complexity index is 1090. The van der Waals surface area contributed by atoms with Crippen LogP contribution in [0.2, 0.25) is 0 Å². The van der Waals surface area contributed by atoms with Crippen molar-refractivity contribution >= 4 is 29.4 Å². The Kier molecular flexibility index (Phi) is 7.82. The lowest BCUT2D eigenvalue weighted by molar-refractivity contribution is 0.0948. The second-order valence-electron chi connectivity index (χ2n) is 9.50. The molecule has 2 aromatic carbocycles. The monoisotopic (exact) mass is 506 g/mol. The summed E-state index contributed by atoms with van der Waals surface area (Å²) in [5.74, 6) is 2.41. The fraction of sp³-hybridized carbons (Fsp3) is 0.429. The first kappa shape index (κ1) is 24.7. The van der Waals surface area contributed by atoms with Crippen LogP contribution in [0.15, 0.2) is 61.2 Å². The number of amides is 2. The van der Waals surface area contributed by atoms with Gasteiger partial charge in [-0.2, -0.15) is 11.8 Å². The molecule has 2 aromatic rings. The zero-order chi connectivity index (χ0) is 24.9. The number of carbonyl (C=O) groups is 2. The third-order valence-corrected chi connectivity index (χ3v) is 8.29. The number of anilines is 1. The highest BCUT2D eigenvalue weighted by Crippen LogP contribution is 2.51. The lowest BCUT2D eigenvalue weighted by atomic mass is 9.79. The van der Waals surface area contributed by atoms with Crippen LogP contribution in [-0.2, 0) is 4.74 Å². The van der Waals surface area contributed by atoms with Gasteiger partial charge in [0.15, 0.2) is 0 Å². The molecule has 3 heterocycles. The molecule has 0 aliphatic carbocycles. The van der Waals surface area contributed by atoms with Crippen molar-refractivity contribution in [3.8, 4) is 0 Å². The summed E-state index contributed by atoms with van der Waals surface area (Å²) in [5.41, 5.74) is 3.74. The van der Waals surface area contributed by atoms with Crippen molar-refractivity contribution in [2.24, 2.45) is 5.92 Å². The van der Waals surface area contributed by atoms with E-state index in [1.807, 2.05) is 53.1 Å². The molecular formula is C28H34N4O3S. The summed E-state index contributed by atoms with van der Waals surface area (Å²) >= 11 is 1.98. The molecule has 3 aliphatic rings. The van der Waals surface area contributed by atoms with Crippen LogP contribution in [0.1, 0.15) is 40.0 Å². The van der Waals surface area contributed by atoms with Gasteiger partial charge in [0, 0.05) is 61.4 Å². The number of hydrogen-bond acceptors (Lipinski definition) is 6. The highest BCUT2D eigenvalue weighted by atomic mass is 32.2. The Hall–Kier alpha value is -2.97. The van der Waals surface area contributed by atoms with E-state index in [-0.39, 0.29) is 36.6 Å². The van der Waals surface area contributed by atoms with Gasteiger partial charge in [-0.1, -0.05) is 43.0 Å². The minimum absolute atomic E-state index is 0.0725. The molecule has 0 spiro atoms. The summed E-state index contributed by atoms with van der Waals surface area (Å²) in [6.07, 6.45) is 2.10. The van der Waals surface area contributed by atoms with E-state index in [1.165, 1.54) is 5.56 Å². The quantitative estimate of drug-likeness (QED) is 0.545. The van der Waals surface area contributed by atoms with Crippen molar-refractivity contribution in [3.05, 3.63) is 77.9 Å². The molecule has 8 heteroatoms. The zero-order valence-electron chi connectivity index (χ0n) is 20.5. The smallest absolute Gasteiger partial charge is 0.410 e. The predicted molar refractivity (Wildman–Crippen MR) is 144 cm³/mol. The lowest BCUT2D eigenvalue weighted by Crippen LogP contribution is -2.39. The van der Waals surface area contributed by atoms with Gasteiger partial charge in [0.05, 0.1) is 12.1 Å². The van der Waals surface area contributed by atoms with Crippen molar-refractivity contribution in [2.45, 2.75) is 18.5 Å². The molecule has 36 heavy (non-hydrogen) atoms. The summed E-state index contributed by atoms with van der Waals surface area (Å²) in [6, 6.07) is 16.1. The van der Waals surface area contributed by atoms with E-state index < -0.39 is 0 Å². The van der Waals surface area contributed by atoms with E-state index in [1.54, 1.807) is 6.08 Å². The number of benzene rings is 2. The molecule has 2 N–H and O–H groups in total. The number of nitrogens with zero attached hydrogens (tertiary/aromatic N) is 2. The average molecular weight is 507 g/mol. The molecule has 0 bridgehead atoms. The summed E-state index contributed by atoms with van der Waals surface area (Å²) in [6.45, 7) is 8.10. The molecule has 0 aromatic heterocycles. The minimum atomic E-state index is -0.336. The maximum absolute atomic E-state index is 13.0. The molecular weight excluding hydrogens is 472 g/mol. The highest BCUT2D eigenvalue weighted by molar-refractivity contribution is 7.99. The maximum Gasteiger partial charge on any atom is 0.410 e. The first-order chi connectivity index (χ1) is 17.7. The van der Waals surface area contributed by atoms with Crippen LogP contribution in [0.4, 0.5) is 10.5 Å². The molecule has 2 saturated heterocycles. The normalized spacial score (nSPS) is 23.2. The maximum atomic E-state index is 13.0. The third-order valence-electron chi connectivity index (χ3n) is 7.35. The largest absolute Gasteiger partial charge is 0.445 e. The Labute approximate surface area is 217 Å². The Morgan fingerprint density at radius 2 is 1.94 bits per heavy atom. The van der Waals surface area contributed by atoms with E-state index in [0.717, 1.165) is 48.8 Å². The molecule has 3 aliphatic heterocycles. The predicted octanol–water partition coefficient (Wildman–Crippen LogP) is 4.32. The van der Waals surface area contributed by atoms with Gasteiger partial charge in [0.25, 0.3) is 5.91 Å². The van der Waals surface area contributed by atoms with Crippen LogP contribution in [0.5, 0.6) is 0 Å². The number of likely N-dealkylation sites (tertiary alicyclic amines) is 1. The molecule has 0 radical (unpaired) electrons. The van der Waals surface area contributed by atoms with Crippen molar-refractivity contribution in [2.75, 3.05) is 56.2 Å². The molecule has 190 valence electrons. The standard InChI is InChI=1S/C28H34N4O3S/c1-2-16-35-28(34)32-12-10-22-25(20-6-4-3-5-7-20)30-24-9-8-21(19-23(24)26(22)32)27(33)29-11-13-31-14-17-36-18-15-31/h2-9,19,22,25-26,30H,1,10-18H2,(H,29,33)/t22-,25?,26-/m0/s1.